The summed E-state index contributed by atoms with van der Waals surface area (Å²) >= 11 is 0. The number of rotatable bonds is 5. The first-order valence-corrected chi connectivity index (χ1v) is 8.68. The van der Waals surface area contributed by atoms with Crippen LogP contribution in [-0.4, -0.2) is 23.1 Å². The molecule has 0 aromatic heterocycles. The summed E-state index contributed by atoms with van der Waals surface area (Å²) in [4.78, 5) is 14.1. The summed E-state index contributed by atoms with van der Waals surface area (Å²) in [6.07, 6.45) is -0.282. The lowest BCUT2D eigenvalue weighted by atomic mass is 10.1. The number of anilines is 2. The minimum absolute atomic E-state index is 0.282. The molecule has 4 nitrogen and oxygen atoms in total. The zero-order chi connectivity index (χ0) is 18.4. The van der Waals surface area contributed by atoms with Gasteiger partial charge in [0.2, 0.25) is 0 Å². The van der Waals surface area contributed by atoms with Crippen LogP contribution in [0.4, 0.5) is 16.2 Å². The largest absolute Gasteiger partial charge is 0.444 e. The van der Waals surface area contributed by atoms with E-state index in [0.717, 1.165) is 22.5 Å². The third kappa shape index (κ3) is 5.52. The molecule has 1 N–H and O–H groups in total. The summed E-state index contributed by atoms with van der Waals surface area (Å²) in [6.45, 7) is 10.8. The molecule has 0 saturated carbocycles. The summed E-state index contributed by atoms with van der Waals surface area (Å²) in [5.74, 6) is 0. The molecule has 0 radical (unpaired) electrons. The van der Waals surface area contributed by atoms with Gasteiger partial charge in [0.05, 0.1) is 0 Å². The number of carbonyl (C=O) groups excluding carboxylic acids is 1. The Morgan fingerprint density at radius 1 is 1.08 bits per heavy atom. The Bertz CT molecular complexity index is 706. The first kappa shape index (κ1) is 18.8. The molecule has 0 spiro atoms. The van der Waals surface area contributed by atoms with Crippen LogP contribution in [0.25, 0.3) is 0 Å². The van der Waals surface area contributed by atoms with Gasteiger partial charge in [0.1, 0.15) is 5.60 Å². The van der Waals surface area contributed by atoms with E-state index < -0.39 is 5.60 Å². The molecule has 0 aliphatic heterocycles. The van der Waals surface area contributed by atoms with E-state index >= 15 is 0 Å². The van der Waals surface area contributed by atoms with E-state index in [1.54, 1.807) is 4.90 Å². The molecular formula is C21H28N2O2. The van der Waals surface area contributed by atoms with Crippen molar-refractivity contribution in [1.82, 2.24) is 4.90 Å². The normalized spacial score (nSPS) is 11.1. The molecule has 2 aromatic rings. The van der Waals surface area contributed by atoms with Crippen molar-refractivity contribution < 1.29 is 9.53 Å². The van der Waals surface area contributed by atoms with Crippen molar-refractivity contribution in [3.8, 4) is 0 Å². The van der Waals surface area contributed by atoms with Crippen LogP contribution in [-0.2, 0) is 11.3 Å². The summed E-state index contributed by atoms with van der Waals surface area (Å²) < 4.78 is 5.50. The Labute approximate surface area is 150 Å². The zero-order valence-corrected chi connectivity index (χ0v) is 15.8. The molecule has 2 rings (SSSR count). The summed E-state index contributed by atoms with van der Waals surface area (Å²) in [7, 11) is 0. The van der Waals surface area contributed by atoms with E-state index in [9.17, 15) is 4.79 Å². The highest BCUT2D eigenvalue weighted by atomic mass is 16.6. The molecule has 0 saturated heterocycles. The lowest BCUT2D eigenvalue weighted by Crippen LogP contribution is -2.36. The molecule has 0 fully saturated rings. The van der Waals surface area contributed by atoms with Crippen molar-refractivity contribution in [3.05, 3.63) is 59.7 Å². The highest BCUT2D eigenvalue weighted by Crippen LogP contribution is 2.24. The van der Waals surface area contributed by atoms with Crippen molar-refractivity contribution in [1.29, 1.82) is 0 Å². The lowest BCUT2D eigenvalue weighted by Gasteiger charge is -2.27. The number of benzene rings is 2. The van der Waals surface area contributed by atoms with Crippen LogP contribution >= 0.6 is 0 Å². The number of nitrogens with one attached hydrogen (secondary N) is 1. The Morgan fingerprint density at radius 2 is 1.76 bits per heavy atom. The molecule has 0 aliphatic carbocycles. The molecule has 4 heteroatoms. The van der Waals surface area contributed by atoms with Gasteiger partial charge in [-0.15, -0.1) is 0 Å². The number of ether oxygens (including phenoxy) is 1. The third-order valence-corrected chi connectivity index (χ3v) is 3.89. The first-order chi connectivity index (χ1) is 11.8. The number of carbonyl (C=O) groups is 1. The SMILES string of the molecule is CCN(Cc1cccc(Nc2ccccc2)c1C)C(=O)OC(C)(C)C. The average Bonchev–Trinajstić information content (AvgIpc) is 2.55. The maximum absolute atomic E-state index is 12.4. The number of amides is 1. The molecule has 134 valence electrons. The Morgan fingerprint density at radius 3 is 2.36 bits per heavy atom. The molecule has 1 amide bonds. The first-order valence-electron chi connectivity index (χ1n) is 8.68. The lowest BCUT2D eigenvalue weighted by molar-refractivity contribution is 0.0244. The average molecular weight is 340 g/mol. The second kappa shape index (κ2) is 8.06. The van der Waals surface area contributed by atoms with E-state index in [1.807, 2.05) is 64.1 Å². The van der Waals surface area contributed by atoms with E-state index in [1.165, 1.54) is 0 Å². The van der Waals surface area contributed by atoms with Crippen LogP contribution in [0.2, 0.25) is 0 Å². The highest BCUT2D eigenvalue weighted by molar-refractivity contribution is 5.69. The van der Waals surface area contributed by atoms with Crippen molar-refractivity contribution in [2.45, 2.75) is 46.8 Å². The Balaban J connectivity index is 2.16. The van der Waals surface area contributed by atoms with E-state index in [0.29, 0.717) is 13.1 Å². The molecular weight excluding hydrogens is 312 g/mol. The van der Waals surface area contributed by atoms with Crippen LogP contribution in [0.15, 0.2) is 48.5 Å². The maximum atomic E-state index is 12.4. The van der Waals surface area contributed by atoms with Crippen LogP contribution in [0.5, 0.6) is 0 Å². The molecule has 0 atom stereocenters. The molecule has 2 aromatic carbocycles. The Hall–Kier alpha value is -2.49. The summed E-state index contributed by atoms with van der Waals surface area (Å²) in [5.41, 5.74) is 3.84. The fourth-order valence-electron chi connectivity index (χ4n) is 2.50. The second-order valence-electron chi connectivity index (χ2n) is 7.08. The van der Waals surface area contributed by atoms with E-state index in [-0.39, 0.29) is 6.09 Å². The fourth-order valence-corrected chi connectivity index (χ4v) is 2.50. The van der Waals surface area contributed by atoms with Gasteiger partial charge >= 0.3 is 6.09 Å². The highest BCUT2D eigenvalue weighted by Gasteiger charge is 2.21. The predicted octanol–water partition coefficient (Wildman–Crippen LogP) is 5.50. The van der Waals surface area contributed by atoms with Gasteiger partial charge in [-0.1, -0.05) is 30.3 Å². The third-order valence-electron chi connectivity index (χ3n) is 3.89. The maximum Gasteiger partial charge on any atom is 0.410 e. The quantitative estimate of drug-likeness (QED) is 0.782. The van der Waals surface area contributed by atoms with Crippen molar-refractivity contribution in [2.24, 2.45) is 0 Å². The summed E-state index contributed by atoms with van der Waals surface area (Å²) in [5, 5.41) is 3.44. The van der Waals surface area contributed by atoms with Gasteiger partial charge in [0.15, 0.2) is 0 Å². The van der Waals surface area contributed by atoms with Crippen molar-refractivity contribution in [2.75, 3.05) is 11.9 Å². The van der Waals surface area contributed by atoms with Crippen LogP contribution < -0.4 is 5.32 Å². The molecule has 0 heterocycles. The topological polar surface area (TPSA) is 41.6 Å². The summed E-state index contributed by atoms with van der Waals surface area (Å²) in [6, 6.07) is 16.2. The van der Waals surface area contributed by atoms with E-state index in [2.05, 4.69) is 24.4 Å². The van der Waals surface area contributed by atoms with Gasteiger partial charge in [-0.25, -0.2) is 4.79 Å². The zero-order valence-electron chi connectivity index (χ0n) is 15.8. The van der Waals surface area contributed by atoms with Gasteiger partial charge in [-0.05, 0) is 63.9 Å². The van der Waals surface area contributed by atoms with Crippen molar-refractivity contribution in [3.63, 3.8) is 0 Å². The van der Waals surface area contributed by atoms with Crippen LogP contribution in [0, 0.1) is 6.92 Å². The van der Waals surface area contributed by atoms with Gasteiger partial charge < -0.3 is 15.0 Å². The van der Waals surface area contributed by atoms with Gasteiger partial charge in [0.25, 0.3) is 0 Å². The van der Waals surface area contributed by atoms with Crippen LogP contribution in [0.1, 0.15) is 38.8 Å². The fraction of sp³-hybridized carbons (Fsp3) is 0.381. The monoisotopic (exact) mass is 340 g/mol. The smallest absolute Gasteiger partial charge is 0.410 e. The van der Waals surface area contributed by atoms with Crippen LogP contribution in [0.3, 0.4) is 0 Å². The molecule has 25 heavy (non-hydrogen) atoms. The van der Waals surface area contributed by atoms with Gasteiger partial charge in [-0.2, -0.15) is 0 Å². The predicted molar refractivity (Wildman–Crippen MR) is 103 cm³/mol. The Kier molecular flexibility index (Phi) is 6.07. The van der Waals surface area contributed by atoms with Gasteiger partial charge in [0, 0.05) is 24.5 Å². The minimum atomic E-state index is -0.490. The number of hydrogen-bond acceptors (Lipinski definition) is 3. The number of hydrogen-bond donors (Lipinski definition) is 1. The number of nitrogens with zero attached hydrogens (tertiary/aromatic N) is 1. The second-order valence-corrected chi connectivity index (χ2v) is 7.08. The van der Waals surface area contributed by atoms with E-state index in [4.69, 9.17) is 4.74 Å². The molecule has 0 aliphatic rings. The molecule has 0 bridgehead atoms. The standard InChI is InChI=1S/C21H28N2O2/c1-6-23(20(24)25-21(3,4)5)15-17-11-10-14-19(16(17)2)22-18-12-8-7-9-13-18/h7-14,22H,6,15H2,1-5H3. The van der Waals surface area contributed by atoms with Gasteiger partial charge in [-0.3, -0.25) is 0 Å². The number of para-hydroxylation sites is 1. The van der Waals surface area contributed by atoms with Crippen molar-refractivity contribution >= 4 is 17.5 Å². The minimum Gasteiger partial charge on any atom is -0.444 e. The molecule has 0 unspecified atom stereocenters.